The molecule has 0 bridgehead atoms. The normalized spacial score (nSPS) is 13.0. The van der Waals surface area contributed by atoms with Gasteiger partial charge < -0.3 is 10.3 Å². The molecule has 0 spiro atoms. The SMILES string of the molecule is O=C1CCCc2[nH]c(-c3ccnc(NCCCc4ccccc4)c3)c(Cc3ccccc3)c21. The molecule has 0 amide bonds. The number of Topliss-reactive ketones (excluding diaryl/α,β-unsaturated/α-hetero) is 1. The minimum atomic E-state index is 0.262. The standard InChI is InChI=1S/C29H29N3O/c33-26-15-7-14-25-28(26)24(19-22-11-5-2-6-12-22)29(32-25)23-16-18-31-27(20-23)30-17-8-13-21-9-3-1-4-10-21/h1-6,9-12,16,18,20,32H,7-8,13-15,17,19H2,(H,30,31). The Hall–Kier alpha value is -3.66. The quantitative estimate of drug-likeness (QED) is 0.323. The summed E-state index contributed by atoms with van der Waals surface area (Å²) in [5, 5.41) is 3.47. The van der Waals surface area contributed by atoms with Crippen molar-refractivity contribution < 1.29 is 4.79 Å². The second kappa shape index (κ2) is 9.86. The van der Waals surface area contributed by atoms with Crippen LogP contribution in [0.5, 0.6) is 0 Å². The molecule has 0 unspecified atom stereocenters. The number of pyridine rings is 1. The lowest BCUT2D eigenvalue weighted by Gasteiger charge is -2.12. The molecule has 166 valence electrons. The number of carbonyl (C=O) groups excluding carboxylic acids is 1. The summed E-state index contributed by atoms with van der Waals surface area (Å²) in [6, 6.07) is 25.1. The number of nitrogens with zero attached hydrogens (tertiary/aromatic N) is 1. The van der Waals surface area contributed by atoms with Crippen molar-refractivity contribution in [2.45, 2.75) is 38.5 Å². The van der Waals surface area contributed by atoms with E-state index in [1.165, 1.54) is 11.1 Å². The van der Waals surface area contributed by atoms with Gasteiger partial charge in [-0.25, -0.2) is 4.98 Å². The monoisotopic (exact) mass is 435 g/mol. The highest BCUT2D eigenvalue weighted by Crippen LogP contribution is 2.35. The van der Waals surface area contributed by atoms with Crippen molar-refractivity contribution in [2.24, 2.45) is 0 Å². The lowest BCUT2D eigenvalue weighted by molar-refractivity contribution is 0.0971. The number of fused-ring (bicyclic) bond motifs is 1. The van der Waals surface area contributed by atoms with E-state index in [0.717, 1.165) is 72.5 Å². The summed E-state index contributed by atoms with van der Waals surface area (Å²) in [6.45, 7) is 0.863. The first-order chi connectivity index (χ1) is 16.3. The van der Waals surface area contributed by atoms with Gasteiger partial charge in [0.25, 0.3) is 0 Å². The van der Waals surface area contributed by atoms with Gasteiger partial charge in [-0.2, -0.15) is 0 Å². The van der Waals surface area contributed by atoms with Crippen molar-refractivity contribution in [1.82, 2.24) is 9.97 Å². The minimum Gasteiger partial charge on any atom is -0.370 e. The summed E-state index contributed by atoms with van der Waals surface area (Å²) in [5.41, 5.74) is 7.80. The fraction of sp³-hybridized carbons (Fsp3) is 0.241. The van der Waals surface area contributed by atoms with Crippen LogP contribution >= 0.6 is 0 Å². The van der Waals surface area contributed by atoms with Crippen LogP contribution in [-0.4, -0.2) is 22.3 Å². The van der Waals surface area contributed by atoms with Crippen LogP contribution in [0.1, 0.15) is 52.0 Å². The van der Waals surface area contributed by atoms with Crippen LogP contribution in [0, 0.1) is 0 Å². The highest BCUT2D eigenvalue weighted by atomic mass is 16.1. The molecule has 4 nitrogen and oxygen atoms in total. The molecule has 0 aliphatic heterocycles. The fourth-order valence-corrected chi connectivity index (χ4v) is 4.73. The summed E-state index contributed by atoms with van der Waals surface area (Å²) in [7, 11) is 0. The fourth-order valence-electron chi connectivity index (χ4n) is 4.73. The van der Waals surface area contributed by atoms with Gasteiger partial charge in [-0.05, 0) is 54.5 Å². The number of H-pyrrole nitrogens is 1. The van der Waals surface area contributed by atoms with Crippen LogP contribution in [0.15, 0.2) is 79.0 Å². The lowest BCUT2D eigenvalue weighted by atomic mass is 9.90. The van der Waals surface area contributed by atoms with Crippen molar-refractivity contribution >= 4 is 11.6 Å². The average molecular weight is 436 g/mol. The number of carbonyl (C=O) groups is 1. The predicted molar refractivity (Wildman–Crippen MR) is 134 cm³/mol. The van der Waals surface area contributed by atoms with Gasteiger partial charge in [-0.15, -0.1) is 0 Å². The van der Waals surface area contributed by atoms with Gasteiger partial charge in [0.15, 0.2) is 5.78 Å². The molecule has 1 aliphatic rings. The Balaban J connectivity index is 1.38. The molecule has 2 N–H and O–H groups in total. The predicted octanol–water partition coefficient (Wildman–Crippen LogP) is 6.23. The van der Waals surface area contributed by atoms with Crippen molar-refractivity contribution in [3.05, 3.63) is 107 Å². The zero-order valence-corrected chi connectivity index (χ0v) is 18.8. The topological polar surface area (TPSA) is 57.8 Å². The van der Waals surface area contributed by atoms with Crippen LogP contribution in [0.4, 0.5) is 5.82 Å². The Kier molecular flexibility index (Phi) is 6.34. The molecule has 0 saturated carbocycles. The van der Waals surface area contributed by atoms with Gasteiger partial charge in [-0.1, -0.05) is 60.7 Å². The number of hydrogen-bond acceptors (Lipinski definition) is 3. The van der Waals surface area contributed by atoms with Gasteiger partial charge in [0.2, 0.25) is 0 Å². The van der Waals surface area contributed by atoms with Crippen LogP contribution in [0.2, 0.25) is 0 Å². The summed E-state index contributed by atoms with van der Waals surface area (Å²) in [4.78, 5) is 21.0. The van der Waals surface area contributed by atoms with Gasteiger partial charge >= 0.3 is 0 Å². The van der Waals surface area contributed by atoms with Crippen LogP contribution < -0.4 is 5.32 Å². The van der Waals surface area contributed by atoms with E-state index in [2.05, 4.69) is 75.9 Å². The minimum absolute atomic E-state index is 0.262. The van der Waals surface area contributed by atoms with E-state index in [-0.39, 0.29) is 5.78 Å². The van der Waals surface area contributed by atoms with Gasteiger partial charge in [0, 0.05) is 42.4 Å². The number of benzene rings is 2. The third-order valence-corrected chi connectivity index (χ3v) is 6.35. The van der Waals surface area contributed by atoms with E-state index >= 15 is 0 Å². The first-order valence-electron chi connectivity index (χ1n) is 11.8. The second-order valence-electron chi connectivity index (χ2n) is 8.72. The van der Waals surface area contributed by atoms with Crippen LogP contribution in [0.25, 0.3) is 11.3 Å². The second-order valence-corrected chi connectivity index (χ2v) is 8.72. The first kappa shape index (κ1) is 21.2. The average Bonchev–Trinajstić information content (AvgIpc) is 3.23. The molecular weight excluding hydrogens is 406 g/mol. The van der Waals surface area contributed by atoms with Gasteiger partial charge in [0.05, 0.1) is 5.69 Å². The van der Waals surface area contributed by atoms with Crippen molar-refractivity contribution in [1.29, 1.82) is 0 Å². The Bertz CT molecular complexity index is 1230. The smallest absolute Gasteiger partial charge is 0.165 e. The maximum atomic E-state index is 12.9. The van der Waals surface area contributed by atoms with Crippen molar-refractivity contribution in [3.8, 4) is 11.3 Å². The molecule has 2 heterocycles. The largest absolute Gasteiger partial charge is 0.370 e. The third kappa shape index (κ3) is 4.90. The molecule has 4 heteroatoms. The molecule has 0 saturated heterocycles. The van der Waals surface area contributed by atoms with Crippen molar-refractivity contribution in [2.75, 3.05) is 11.9 Å². The summed E-state index contributed by atoms with van der Waals surface area (Å²) < 4.78 is 0. The van der Waals surface area contributed by atoms with Crippen LogP contribution in [0.3, 0.4) is 0 Å². The third-order valence-electron chi connectivity index (χ3n) is 6.35. The number of rotatable bonds is 8. The molecule has 33 heavy (non-hydrogen) atoms. The molecule has 0 radical (unpaired) electrons. The maximum absolute atomic E-state index is 12.9. The zero-order valence-electron chi connectivity index (χ0n) is 18.8. The van der Waals surface area contributed by atoms with Crippen molar-refractivity contribution in [3.63, 3.8) is 0 Å². The molecular formula is C29H29N3O. The summed E-state index contributed by atoms with van der Waals surface area (Å²) in [5.74, 6) is 1.13. The number of ketones is 1. The van der Waals surface area contributed by atoms with Gasteiger partial charge in [0.1, 0.15) is 5.82 Å². The Morgan fingerprint density at radius 2 is 1.67 bits per heavy atom. The molecule has 2 aromatic carbocycles. The van der Waals surface area contributed by atoms with E-state index in [9.17, 15) is 4.79 Å². The summed E-state index contributed by atoms with van der Waals surface area (Å²) in [6.07, 6.45) is 7.16. The molecule has 4 aromatic rings. The first-order valence-corrected chi connectivity index (χ1v) is 11.8. The van der Waals surface area contributed by atoms with E-state index in [0.29, 0.717) is 6.42 Å². The highest BCUT2D eigenvalue weighted by molar-refractivity contribution is 6.01. The van der Waals surface area contributed by atoms with E-state index in [4.69, 9.17) is 0 Å². The van der Waals surface area contributed by atoms with Gasteiger partial charge in [-0.3, -0.25) is 4.79 Å². The Morgan fingerprint density at radius 3 is 2.45 bits per heavy atom. The maximum Gasteiger partial charge on any atom is 0.165 e. The van der Waals surface area contributed by atoms with E-state index < -0.39 is 0 Å². The van der Waals surface area contributed by atoms with E-state index in [1.807, 2.05) is 18.3 Å². The molecule has 5 rings (SSSR count). The summed E-state index contributed by atoms with van der Waals surface area (Å²) >= 11 is 0. The number of nitrogens with one attached hydrogen (secondary N) is 2. The Labute approximate surface area is 195 Å². The Morgan fingerprint density at radius 1 is 0.909 bits per heavy atom. The van der Waals surface area contributed by atoms with Crippen LogP contribution in [-0.2, 0) is 19.3 Å². The number of hydrogen-bond donors (Lipinski definition) is 2. The molecule has 0 atom stereocenters. The zero-order chi connectivity index (χ0) is 22.5. The molecule has 2 aromatic heterocycles. The molecule has 0 fully saturated rings. The lowest BCUT2D eigenvalue weighted by Crippen LogP contribution is -2.11. The number of aryl methyl sites for hydroxylation is 2. The number of anilines is 1. The van der Waals surface area contributed by atoms with E-state index in [1.54, 1.807) is 0 Å². The molecule has 1 aliphatic carbocycles. The number of aromatic amines is 1. The highest BCUT2D eigenvalue weighted by Gasteiger charge is 2.26. The number of aromatic nitrogens is 2.